The van der Waals surface area contributed by atoms with Gasteiger partial charge >= 0.3 is 5.69 Å². The predicted molar refractivity (Wildman–Crippen MR) is 96.5 cm³/mol. The molecule has 8 heteroatoms. The lowest BCUT2D eigenvalue weighted by molar-refractivity contribution is -0.119. The van der Waals surface area contributed by atoms with Crippen molar-refractivity contribution in [2.45, 2.75) is 13.0 Å². The molecule has 1 amide bonds. The van der Waals surface area contributed by atoms with E-state index in [4.69, 9.17) is 11.6 Å². The third-order valence-corrected chi connectivity index (χ3v) is 3.95. The lowest BCUT2D eigenvalue weighted by Gasteiger charge is -2.14. The van der Waals surface area contributed by atoms with Crippen LogP contribution >= 0.6 is 11.6 Å². The fraction of sp³-hybridized carbons (Fsp3) is 0.111. The predicted octanol–water partition coefficient (Wildman–Crippen LogP) is 3.30. The molecule has 0 fully saturated rings. The van der Waals surface area contributed by atoms with Crippen LogP contribution in [0.15, 0.2) is 59.5 Å². The van der Waals surface area contributed by atoms with E-state index in [0.29, 0.717) is 22.0 Å². The molecule has 1 aromatic heterocycles. The first-order chi connectivity index (χ1) is 12.4. The standard InChI is InChI=1S/C18H14ClFN4O2/c1-11(17(25)22-15-4-2-3-14(20)9-15)24-18(26)23-16(10-21-24)12-5-7-13(19)8-6-12/h2-11H,1H3,(H,22,25). The molecule has 0 aliphatic carbocycles. The zero-order valence-electron chi connectivity index (χ0n) is 13.7. The summed E-state index contributed by atoms with van der Waals surface area (Å²) in [7, 11) is 0. The highest BCUT2D eigenvalue weighted by atomic mass is 35.5. The van der Waals surface area contributed by atoms with E-state index in [9.17, 15) is 14.0 Å². The van der Waals surface area contributed by atoms with Crippen molar-refractivity contribution >= 4 is 23.2 Å². The maximum atomic E-state index is 13.2. The Labute approximate surface area is 153 Å². The molecule has 2 aromatic carbocycles. The van der Waals surface area contributed by atoms with Crippen molar-refractivity contribution in [3.05, 3.63) is 76.1 Å². The van der Waals surface area contributed by atoms with E-state index in [1.807, 2.05) is 0 Å². The summed E-state index contributed by atoms with van der Waals surface area (Å²) in [6, 6.07) is 11.4. The van der Waals surface area contributed by atoms with Gasteiger partial charge in [-0.15, -0.1) is 0 Å². The van der Waals surface area contributed by atoms with Gasteiger partial charge in [0.25, 0.3) is 0 Å². The fourth-order valence-electron chi connectivity index (χ4n) is 2.30. The van der Waals surface area contributed by atoms with E-state index >= 15 is 0 Å². The number of halogens is 2. The highest BCUT2D eigenvalue weighted by Gasteiger charge is 2.18. The van der Waals surface area contributed by atoms with Crippen molar-refractivity contribution in [1.29, 1.82) is 0 Å². The highest BCUT2D eigenvalue weighted by Crippen LogP contribution is 2.18. The zero-order chi connectivity index (χ0) is 18.7. The molecule has 0 aliphatic rings. The number of hydrogen-bond donors (Lipinski definition) is 1. The number of benzene rings is 2. The molecule has 6 nitrogen and oxygen atoms in total. The van der Waals surface area contributed by atoms with E-state index in [-0.39, 0.29) is 0 Å². The summed E-state index contributed by atoms with van der Waals surface area (Å²) in [6.07, 6.45) is 1.40. The Hall–Kier alpha value is -3.06. The summed E-state index contributed by atoms with van der Waals surface area (Å²) >= 11 is 5.84. The molecular weight excluding hydrogens is 359 g/mol. The van der Waals surface area contributed by atoms with Crippen LogP contribution in [-0.4, -0.2) is 20.7 Å². The number of carbonyl (C=O) groups excluding carboxylic acids is 1. The van der Waals surface area contributed by atoms with Gasteiger partial charge in [-0.2, -0.15) is 10.1 Å². The molecule has 0 radical (unpaired) electrons. The summed E-state index contributed by atoms with van der Waals surface area (Å²) in [6.45, 7) is 1.51. The van der Waals surface area contributed by atoms with Gasteiger partial charge < -0.3 is 5.32 Å². The van der Waals surface area contributed by atoms with Gasteiger partial charge in [-0.05, 0) is 37.3 Å². The van der Waals surface area contributed by atoms with Gasteiger partial charge in [-0.1, -0.05) is 29.8 Å². The van der Waals surface area contributed by atoms with Crippen molar-refractivity contribution in [2.24, 2.45) is 0 Å². The van der Waals surface area contributed by atoms with E-state index in [1.54, 1.807) is 30.3 Å². The molecule has 1 atom stereocenters. The smallest absolute Gasteiger partial charge is 0.324 e. The number of nitrogens with one attached hydrogen (secondary N) is 1. The lowest BCUT2D eigenvalue weighted by atomic mass is 10.2. The maximum Gasteiger partial charge on any atom is 0.365 e. The average Bonchev–Trinajstić information content (AvgIpc) is 2.61. The first kappa shape index (κ1) is 17.8. The number of aromatic nitrogens is 3. The van der Waals surface area contributed by atoms with Crippen LogP contribution in [0, 0.1) is 5.82 Å². The number of hydrogen-bond acceptors (Lipinski definition) is 4. The Morgan fingerprint density at radius 1 is 1.23 bits per heavy atom. The maximum absolute atomic E-state index is 13.2. The number of anilines is 1. The molecule has 3 rings (SSSR count). The van der Waals surface area contributed by atoms with Crippen LogP contribution in [0.3, 0.4) is 0 Å². The Balaban J connectivity index is 1.81. The van der Waals surface area contributed by atoms with Crippen LogP contribution < -0.4 is 11.0 Å². The topological polar surface area (TPSA) is 76.9 Å². The quantitative estimate of drug-likeness (QED) is 0.762. The molecule has 0 bridgehead atoms. The molecule has 0 saturated carbocycles. The van der Waals surface area contributed by atoms with Crippen molar-refractivity contribution in [1.82, 2.24) is 14.8 Å². The first-order valence-corrected chi connectivity index (χ1v) is 8.10. The van der Waals surface area contributed by atoms with Crippen LogP contribution in [0.2, 0.25) is 5.02 Å². The summed E-state index contributed by atoms with van der Waals surface area (Å²) in [5.41, 5.74) is 0.684. The van der Waals surface area contributed by atoms with Crippen molar-refractivity contribution in [3.63, 3.8) is 0 Å². The number of amides is 1. The van der Waals surface area contributed by atoms with Gasteiger partial charge in [0.2, 0.25) is 5.91 Å². The summed E-state index contributed by atoms with van der Waals surface area (Å²) in [5.74, 6) is -0.981. The van der Waals surface area contributed by atoms with Gasteiger partial charge in [0.05, 0.1) is 11.9 Å². The monoisotopic (exact) mass is 372 g/mol. The SMILES string of the molecule is CC(C(=O)Nc1cccc(F)c1)n1ncc(-c2ccc(Cl)cc2)nc1=O. The second kappa shape index (κ2) is 7.45. The van der Waals surface area contributed by atoms with Crippen molar-refractivity contribution < 1.29 is 9.18 Å². The van der Waals surface area contributed by atoms with E-state index in [0.717, 1.165) is 4.68 Å². The van der Waals surface area contributed by atoms with Crippen LogP contribution in [0.25, 0.3) is 11.3 Å². The van der Waals surface area contributed by atoms with E-state index in [1.165, 1.54) is 31.3 Å². The zero-order valence-corrected chi connectivity index (χ0v) is 14.4. The summed E-state index contributed by atoms with van der Waals surface area (Å²) < 4.78 is 14.2. The molecule has 26 heavy (non-hydrogen) atoms. The van der Waals surface area contributed by atoms with Gasteiger partial charge in [0.15, 0.2) is 0 Å². The largest absolute Gasteiger partial charge is 0.365 e. The van der Waals surface area contributed by atoms with Crippen molar-refractivity contribution in [3.8, 4) is 11.3 Å². The molecule has 0 saturated heterocycles. The number of carbonyl (C=O) groups is 1. The third kappa shape index (κ3) is 3.94. The minimum atomic E-state index is -0.919. The number of rotatable bonds is 4. The second-order valence-corrected chi connectivity index (χ2v) is 5.99. The minimum absolute atomic E-state index is 0.292. The molecule has 1 heterocycles. The van der Waals surface area contributed by atoms with Crippen molar-refractivity contribution in [2.75, 3.05) is 5.32 Å². The fourth-order valence-corrected chi connectivity index (χ4v) is 2.42. The Bertz CT molecular complexity index is 1000. The van der Waals surface area contributed by atoms with Gasteiger partial charge in [-0.3, -0.25) is 4.79 Å². The lowest BCUT2D eigenvalue weighted by Crippen LogP contribution is -2.34. The van der Waals surface area contributed by atoms with Crippen LogP contribution in [0.4, 0.5) is 10.1 Å². The molecular formula is C18H14ClFN4O2. The van der Waals surface area contributed by atoms with Gasteiger partial charge in [0, 0.05) is 16.3 Å². The third-order valence-electron chi connectivity index (χ3n) is 3.69. The summed E-state index contributed by atoms with van der Waals surface area (Å²) in [4.78, 5) is 28.5. The Morgan fingerprint density at radius 3 is 2.62 bits per heavy atom. The van der Waals surface area contributed by atoms with E-state index < -0.39 is 23.5 Å². The molecule has 1 N–H and O–H groups in total. The normalized spacial score (nSPS) is 11.8. The average molecular weight is 373 g/mol. The molecule has 1 unspecified atom stereocenters. The van der Waals surface area contributed by atoms with Gasteiger partial charge in [0.1, 0.15) is 11.9 Å². The van der Waals surface area contributed by atoms with Crippen LogP contribution in [-0.2, 0) is 4.79 Å². The molecule has 132 valence electrons. The van der Waals surface area contributed by atoms with Crippen LogP contribution in [0.5, 0.6) is 0 Å². The first-order valence-electron chi connectivity index (χ1n) is 7.72. The Morgan fingerprint density at radius 2 is 1.96 bits per heavy atom. The number of nitrogens with zero attached hydrogens (tertiary/aromatic N) is 3. The highest BCUT2D eigenvalue weighted by molar-refractivity contribution is 6.30. The molecule has 0 aliphatic heterocycles. The Kier molecular flexibility index (Phi) is 5.09. The molecule has 3 aromatic rings. The van der Waals surface area contributed by atoms with Crippen LogP contribution in [0.1, 0.15) is 13.0 Å². The van der Waals surface area contributed by atoms with E-state index in [2.05, 4.69) is 15.4 Å². The van der Waals surface area contributed by atoms with Gasteiger partial charge in [-0.25, -0.2) is 13.9 Å². The second-order valence-electron chi connectivity index (χ2n) is 5.55. The summed E-state index contributed by atoms with van der Waals surface area (Å²) in [5, 5.41) is 7.14. The molecule has 0 spiro atoms. The minimum Gasteiger partial charge on any atom is -0.324 e.